The summed E-state index contributed by atoms with van der Waals surface area (Å²) < 4.78 is 0. The molecule has 0 aliphatic heterocycles. The van der Waals surface area contributed by atoms with Crippen LogP contribution in [0.25, 0.3) is 0 Å². The zero-order valence-electron chi connectivity index (χ0n) is 10.4. The van der Waals surface area contributed by atoms with Crippen molar-refractivity contribution in [3.63, 3.8) is 0 Å². The van der Waals surface area contributed by atoms with E-state index in [1.807, 2.05) is 6.92 Å². The molecule has 1 aromatic carbocycles. The number of urea groups is 1. The summed E-state index contributed by atoms with van der Waals surface area (Å²) in [4.78, 5) is 24.4. The van der Waals surface area contributed by atoms with Gasteiger partial charge in [0.05, 0.1) is 5.56 Å². The van der Waals surface area contributed by atoms with Crippen molar-refractivity contribution in [2.75, 3.05) is 12.4 Å². The fourth-order valence-corrected chi connectivity index (χ4v) is 1.72. The molecule has 0 heterocycles. The summed E-state index contributed by atoms with van der Waals surface area (Å²) >= 11 is 0. The number of amides is 2. The number of nitrogens with one attached hydrogen (secondary N) is 1. The average molecular weight is 248 g/mol. The van der Waals surface area contributed by atoms with E-state index in [1.54, 1.807) is 18.0 Å². The molecule has 1 saturated carbocycles. The highest BCUT2D eigenvalue weighted by molar-refractivity contribution is 5.94. The number of hydrogen-bond acceptors (Lipinski definition) is 2. The highest BCUT2D eigenvalue weighted by atomic mass is 16.4. The van der Waals surface area contributed by atoms with Gasteiger partial charge in [-0.3, -0.25) is 0 Å². The minimum Gasteiger partial charge on any atom is -0.478 e. The number of rotatable bonds is 3. The van der Waals surface area contributed by atoms with Crippen molar-refractivity contribution in [1.82, 2.24) is 4.90 Å². The minimum atomic E-state index is -0.999. The van der Waals surface area contributed by atoms with Crippen LogP contribution in [0.2, 0.25) is 0 Å². The number of aryl methyl sites for hydroxylation is 1. The van der Waals surface area contributed by atoms with E-state index in [-0.39, 0.29) is 11.6 Å². The molecule has 0 unspecified atom stereocenters. The van der Waals surface area contributed by atoms with Gasteiger partial charge < -0.3 is 15.3 Å². The van der Waals surface area contributed by atoms with E-state index in [4.69, 9.17) is 5.11 Å². The third kappa shape index (κ3) is 2.61. The Morgan fingerprint density at radius 2 is 2.06 bits per heavy atom. The Labute approximate surface area is 105 Å². The molecule has 1 aromatic rings. The first-order chi connectivity index (χ1) is 8.49. The third-order valence-corrected chi connectivity index (χ3v) is 3.14. The van der Waals surface area contributed by atoms with Gasteiger partial charge in [0.1, 0.15) is 0 Å². The van der Waals surface area contributed by atoms with Gasteiger partial charge in [-0.1, -0.05) is 6.07 Å². The van der Waals surface area contributed by atoms with E-state index >= 15 is 0 Å². The Balaban J connectivity index is 2.14. The lowest BCUT2D eigenvalue weighted by atomic mass is 10.1. The van der Waals surface area contributed by atoms with E-state index in [0.29, 0.717) is 11.7 Å². The normalized spacial score (nSPS) is 14.1. The Bertz CT molecular complexity index is 495. The van der Waals surface area contributed by atoms with Gasteiger partial charge in [0.15, 0.2) is 0 Å². The second-order valence-electron chi connectivity index (χ2n) is 4.61. The molecule has 0 atom stereocenters. The standard InChI is InChI=1S/C13H16N2O3/c1-8-3-4-9(12(16)17)7-11(8)14-13(18)15(2)10-5-6-10/h3-4,7,10H,5-6H2,1-2H3,(H,14,18)(H,16,17). The molecule has 0 bridgehead atoms. The van der Waals surface area contributed by atoms with Gasteiger partial charge in [-0.2, -0.15) is 0 Å². The summed E-state index contributed by atoms with van der Waals surface area (Å²) in [5, 5.41) is 11.7. The van der Waals surface area contributed by atoms with Crippen molar-refractivity contribution in [2.24, 2.45) is 0 Å². The van der Waals surface area contributed by atoms with Crippen LogP contribution in [0.4, 0.5) is 10.5 Å². The summed E-state index contributed by atoms with van der Waals surface area (Å²) in [5.74, 6) is -0.999. The molecule has 5 heteroatoms. The summed E-state index contributed by atoms with van der Waals surface area (Å²) in [6.45, 7) is 1.83. The molecule has 0 saturated heterocycles. The van der Waals surface area contributed by atoms with Gasteiger partial charge in [0.2, 0.25) is 0 Å². The Morgan fingerprint density at radius 1 is 1.39 bits per heavy atom. The number of hydrogen-bond donors (Lipinski definition) is 2. The highest BCUT2D eigenvalue weighted by Crippen LogP contribution is 2.26. The molecule has 1 aliphatic rings. The van der Waals surface area contributed by atoms with Crippen LogP contribution >= 0.6 is 0 Å². The molecule has 2 amide bonds. The van der Waals surface area contributed by atoms with Crippen LogP contribution in [0.15, 0.2) is 18.2 Å². The molecular formula is C13H16N2O3. The Kier molecular flexibility index (Phi) is 3.23. The predicted molar refractivity (Wildman–Crippen MR) is 67.9 cm³/mol. The van der Waals surface area contributed by atoms with Crippen molar-refractivity contribution >= 4 is 17.7 Å². The molecule has 0 radical (unpaired) electrons. The maximum absolute atomic E-state index is 11.9. The minimum absolute atomic E-state index is 0.171. The van der Waals surface area contributed by atoms with E-state index in [9.17, 15) is 9.59 Å². The highest BCUT2D eigenvalue weighted by Gasteiger charge is 2.29. The first-order valence-electron chi connectivity index (χ1n) is 5.87. The van der Waals surface area contributed by atoms with Crippen molar-refractivity contribution in [3.8, 4) is 0 Å². The largest absolute Gasteiger partial charge is 0.478 e. The van der Waals surface area contributed by atoms with Crippen molar-refractivity contribution in [3.05, 3.63) is 29.3 Å². The maximum atomic E-state index is 11.9. The van der Waals surface area contributed by atoms with Crippen molar-refractivity contribution < 1.29 is 14.7 Å². The Morgan fingerprint density at radius 3 is 2.61 bits per heavy atom. The maximum Gasteiger partial charge on any atom is 0.335 e. The number of aromatic carboxylic acids is 1. The molecular weight excluding hydrogens is 232 g/mol. The topological polar surface area (TPSA) is 69.6 Å². The summed E-state index contributed by atoms with van der Waals surface area (Å²) in [6, 6.07) is 4.83. The first kappa shape index (κ1) is 12.4. The van der Waals surface area contributed by atoms with Gasteiger partial charge in [0, 0.05) is 18.8 Å². The monoisotopic (exact) mass is 248 g/mol. The summed E-state index contributed by atoms with van der Waals surface area (Å²) in [6.07, 6.45) is 2.08. The van der Waals surface area contributed by atoms with Gasteiger partial charge in [0.25, 0.3) is 0 Å². The lowest BCUT2D eigenvalue weighted by molar-refractivity contribution is 0.0697. The average Bonchev–Trinajstić information content (AvgIpc) is 3.14. The molecule has 5 nitrogen and oxygen atoms in total. The molecule has 2 N–H and O–H groups in total. The summed E-state index contributed by atoms with van der Waals surface area (Å²) in [7, 11) is 1.75. The zero-order chi connectivity index (χ0) is 13.3. The lowest BCUT2D eigenvalue weighted by Crippen LogP contribution is -2.33. The quantitative estimate of drug-likeness (QED) is 0.862. The first-order valence-corrected chi connectivity index (χ1v) is 5.87. The van der Waals surface area contributed by atoms with Gasteiger partial charge in [-0.15, -0.1) is 0 Å². The molecule has 1 aliphatic carbocycles. The number of carbonyl (C=O) groups is 2. The van der Waals surface area contributed by atoms with Crippen molar-refractivity contribution in [2.45, 2.75) is 25.8 Å². The smallest absolute Gasteiger partial charge is 0.335 e. The van der Waals surface area contributed by atoms with Crippen LogP contribution in [0.5, 0.6) is 0 Å². The molecule has 2 rings (SSSR count). The predicted octanol–water partition coefficient (Wildman–Crippen LogP) is 2.32. The third-order valence-electron chi connectivity index (χ3n) is 3.14. The van der Waals surface area contributed by atoms with E-state index in [1.165, 1.54) is 12.1 Å². The number of anilines is 1. The number of benzene rings is 1. The second kappa shape index (κ2) is 4.68. The second-order valence-corrected chi connectivity index (χ2v) is 4.61. The van der Waals surface area contributed by atoms with Gasteiger partial charge in [-0.25, -0.2) is 9.59 Å². The molecule has 18 heavy (non-hydrogen) atoms. The van der Waals surface area contributed by atoms with Crippen LogP contribution in [0.3, 0.4) is 0 Å². The Hall–Kier alpha value is -2.04. The number of carboxylic acids is 1. The SMILES string of the molecule is Cc1ccc(C(=O)O)cc1NC(=O)N(C)C1CC1. The number of nitrogens with zero attached hydrogens (tertiary/aromatic N) is 1. The number of carboxylic acid groups (broad SMARTS) is 1. The molecule has 96 valence electrons. The van der Waals surface area contributed by atoms with E-state index in [2.05, 4.69) is 5.32 Å². The van der Waals surface area contributed by atoms with Crippen LogP contribution in [0, 0.1) is 6.92 Å². The fraction of sp³-hybridized carbons (Fsp3) is 0.385. The van der Waals surface area contributed by atoms with Crippen LogP contribution in [0.1, 0.15) is 28.8 Å². The van der Waals surface area contributed by atoms with E-state index < -0.39 is 5.97 Å². The fourth-order valence-electron chi connectivity index (χ4n) is 1.72. The van der Waals surface area contributed by atoms with Gasteiger partial charge in [-0.05, 0) is 37.5 Å². The summed E-state index contributed by atoms with van der Waals surface area (Å²) in [5.41, 5.74) is 1.56. The zero-order valence-corrected chi connectivity index (χ0v) is 10.4. The van der Waals surface area contributed by atoms with Gasteiger partial charge >= 0.3 is 12.0 Å². The van der Waals surface area contributed by atoms with Crippen LogP contribution in [-0.4, -0.2) is 35.1 Å². The van der Waals surface area contributed by atoms with E-state index in [0.717, 1.165) is 18.4 Å². The van der Waals surface area contributed by atoms with Crippen LogP contribution in [-0.2, 0) is 0 Å². The number of carbonyl (C=O) groups excluding carboxylic acids is 1. The molecule has 0 spiro atoms. The molecule has 0 aromatic heterocycles. The lowest BCUT2D eigenvalue weighted by Gasteiger charge is -2.18. The van der Waals surface area contributed by atoms with Crippen LogP contribution < -0.4 is 5.32 Å². The van der Waals surface area contributed by atoms with Crippen molar-refractivity contribution in [1.29, 1.82) is 0 Å². The molecule has 1 fully saturated rings.